The zero-order chi connectivity index (χ0) is 17.6. The predicted octanol–water partition coefficient (Wildman–Crippen LogP) is 2.41. The molecular weight excluding hydrogens is 320 g/mol. The molecule has 2 aromatic rings. The Morgan fingerprint density at radius 1 is 1.36 bits per heavy atom. The van der Waals surface area contributed by atoms with Crippen molar-refractivity contribution >= 4 is 5.91 Å². The molecule has 2 fully saturated rings. The Labute approximate surface area is 146 Å². The molecule has 1 amide bonds. The summed E-state index contributed by atoms with van der Waals surface area (Å²) in [6.45, 7) is 5.33. The van der Waals surface area contributed by atoms with E-state index in [0.29, 0.717) is 24.8 Å². The highest BCUT2D eigenvalue weighted by Crippen LogP contribution is 2.41. The molecule has 1 saturated carbocycles. The standard InChI is InChI=1S/C18H24N4O3/c1-10-14(11(2)22(3)21-10)16-13(6-7-24-16)8-19-18(23)17-15(12-4-5-12)20-9-25-17/h9,12-13,16H,4-8H2,1-3H3,(H,19,23)/t13-,16+/m1/s1. The molecule has 2 atom stereocenters. The second-order valence-corrected chi connectivity index (χ2v) is 7.10. The van der Waals surface area contributed by atoms with Gasteiger partial charge in [-0.3, -0.25) is 9.48 Å². The van der Waals surface area contributed by atoms with E-state index in [2.05, 4.69) is 22.3 Å². The largest absolute Gasteiger partial charge is 0.438 e. The van der Waals surface area contributed by atoms with Gasteiger partial charge in [-0.2, -0.15) is 5.10 Å². The summed E-state index contributed by atoms with van der Waals surface area (Å²) >= 11 is 0. The van der Waals surface area contributed by atoms with Gasteiger partial charge in [0.1, 0.15) is 0 Å². The lowest BCUT2D eigenvalue weighted by Crippen LogP contribution is -2.31. The van der Waals surface area contributed by atoms with Gasteiger partial charge in [-0.1, -0.05) is 0 Å². The van der Waals surface area contributed by atoms with Crippen LogP contribution in [0.4, 0.5) is 0 Å². The fraction of sp³-hybridized carbons (Fsp3) is 0.611. The van der Waals surface area contributed by atoms with Crippen LogP contribution in [0.25, 0.3) is 0 Å². The maximum absolute atomic E-state index is 12.5. The minimum absolute atomic E-state index is 0.0216. The molecule has 1 saturated heterocycles. The van der Waals surface area contributed by atoms with Crippen LogP contribution < -0.4 is 5.32 Å². The predicted molar refractivity (Wildman–Crippen MR) is 90.3 cm³/mol. The highest BCUT2D eigenvalue weighted by Gasteiger charge is 2.35. The van der Waals surface area contributed by atoms with Crippen LogP contribution in [0, 0.1) is 19.8 Å². The quantitative estimate of drug-likeness (QED) is 0.901. The van der Waals surface area contributed by atoms with Crippen molar-refractivity contribution in [3.63, 3.8) is 0 Å². The number of carbonyl (C=O) groups excluding carboxylic acids is 1. The number of nitrogens with zero attached hydrogens (tertiary/aromatic N) is 3. The van der Waals surface area contributed by atoms with Gasteiger partial charge in [0.25, 0.3) is 5.91 Å². The molecule has 0 bridgehead atoms. The van der Waals surface area contributed by atoms with Crippen molar-refractivity contribution in [1.82, 2.24) is 20.1 Å². The van der Waals surface area contributed by atoms with Crippen LogP contribution in [-0.4, -0.2) is 33.8 Å². The molecule has 4 rings (SSSR count). The number of carbonyl (C=O) groups is 1. The number of nitrogens with one attached hydrogen (secondary N) is 1. The van der Waals surface area contributed by atoms with E-state index in [9.17, 15) is 4.79 Å². The van der Waals surface area contributed by atoms with Crippen LogP contribution in [0.1, 0.15) is 64.5 Å². The molecule has 1 aliphatic carbocycles. The van der Waals surface area contributed by atoms with Crippen molar-refractivity contribution in [2.75, 3.05) is 13.2 Å². The number of oxazole rings is 1. The third-order valence-electron chi connectivity index (χ3n) is 5.35. The first-order valence-electron chi connectivity index (χ1n) is 8.89. The number of ether oxygens (including phenoxy) is 1. The van der Waals surface area contributed by atoms with Gasteiger partial charge in [-0.25, -0.2) is 4.98 Å². The Bertz CT molecular complexity index is 790. The highest BCUT2D eigenvalue weighted by molar-refractivity contribution is 5.92. The van der Waals surface area contributed by atoms with Gasteiger partial charge in [0, 0.05) is 43.3 Å². The molecular formula is C18H24N4O3. The Balaban J connectivity index is 1.45. The summed E-state index contributed by atoms with van der Waals surface area (Å²) < 4.78 is 13.2. The summed E-state index contributed by atoms with van der Waals surface area (Å²) in [5.41, 5.74) is 4.06. The number of rotatable bonds is 5. The van der Waals surface area contributed by atoms with Crippen LogP contribution in [0.15, 0.2) is 10.8 Å². The monoisotopic (exact) mass is 344 g/mol. The van der Waals surface area contributed by atoms with E-state index in [0.717, 1.165) is 41.9 Å². The lowest BCUT2D eigenvalue weighted by molar-refractivity contribution is 0.0826. The zero-order valence-corrected chi connectivity index (χ0v) is 14.9. The number of hydrogen-bond acceptors (Lipinski definition) is 5. The summed E-state index contributed by atoms with van der Waals surface area (Å²) in [5, 5.41) is 7.51. The smallest absolute Gasteiger partial charge is 0.289 e. The molecule has 0 unspecified atom stereocenters. The summed E-state index contributed by atoms with van der Waals surface area (Å²) in [6, 6.07) is 0. The molecule has 0 radical (unpaired) electrons. The van der Waals surface area contributed by atoms with Crippen molar-refractivity contribution in [1.29, 1.82) is 0 Å². The van der Waals surface area contributed by atoms with Gasteiger partial charge in [-0.05, 0) is 33.1 Å². The van der Waals surface area contributed by atoms with Gasteiger partial charge in [0.05, 0.1) is 17.5 Å². The first-order chi connectivity index (χ1) is 12.1. The normalized spacial score (nSPS) is 23.2. The molecule has 134 valence electrons. The third-order valence-corrected chi connectivity index (χ3v) is 5.35. The molecule has 25 heavy (non-hydrogen) atoms. The average Bonchev–Trinajstić information content (AvgIpc) is 3.03. The Morgan fingerprint density at radius 2 is 2.16 bits per heavy atom. The van der Waals surface area contributed by atoms with Crippen LogP contribution >= 0.6 is 0 Å². The molecule has 7 nitrogen and oxygen atoms in total. The topological polar surface area (TPSA) is 82.2 Å². The molecule has 2 aromatic heterocycles. The lowest BCUT2D eigenvalue weighted by Gasteiger charge is -2.19. The Morgan fingerprint density at radius 3 is 2.84 bits per heavy atom. The summed E-state index contributed by atoms with van der Waals surface area (Å²) in [6.07, 6.45) is 4.44. The number of aromatic nitrogens is 3. The zero-order valence-electron chi connectivity index (χ0n) is 14.9. The van der Waals surface area contributed by atoms with Gasteiger partial charge in [0.2, 0.25) is 5.76 Å². The van der Waals surface area contributed by atoms with E-state index in [4.69, 9.17) is 9.15 Å². The van der Waals surface area contributed by atoms with E-state index < -0.39 is 0 Å². The third kappa shape index (κ3) is 2.97. The second-order valence-electron chi connectivity index (χ2n) is 7.10. The molecule has 0 aromatic carbocycles. The molecule has 1 aliphatic heterocycles. The summed E-state index contributed by atoms with van der Waals surface area (Å²) in [5.74, 6) is 0.817. The van der Waals surface area contributed by atoms with Gasteiger partial charge >= 0.3 is 0 Å². The first kappa shape index (κ1) is 16.3. The minimum atomic E-state index is -0.176. The molecule has 0 spiro atoms. The van der Waals surface area contributed by atoms with Gasteiger partial charge in [-0.15, -0.1) is 0 Å². The van der Waals surface area contributed by atoms with Crippen molar-refractivity contribution in [2.45, 2.75) is 45.1 Å². The van der Waals surface area contributed by atoms with E-state index >= 15 is 0 Å². The van der Waals surface area contributed by atoms with Crippen molar-refractivity contribution in [2.24, 2.45) is 13.0 Å². The first-order valence-corrected chi connectivity index (χ1v) is 8.89. The van der Waals surface area contributed by atoms with Crippen LogP contribution in [0.2, 0.25) is 0 Å². The Hall–Kier alpha value is -2.15. The fourth-order valence-corrected chi connectivity index (χ4v) is 3.74. The van der Waals surface area contributed by atoms with Gasteiger partial charge in [0.15, 0.2) is 6.39 Å². The maximum atomic E-state index is 12.5. The molecule has 3 heterocycles. The lowest BCUT2D eigenvalue weighted by atomic mass is 9.94. The second kappa shape index (κ2) is 6.29. The van der Waals surface area contributed by atoms with Crippen molar-refractivity contribution < 1.29 is 13.9 Å². The molecule has 1 N–H and O–H groups in total. The van der Waals surface area contributed by atoms with E-state index in [-0.39, 0.29) is 17.9 Å². The number of aryl methyl sites for hydroxylation is 2. The van der Waals surface area contributed by atoms with Crippen molar-refractivity contribution in [3.05, 3.63) is 34.8 Å². The molecule has 2 aliphatic rings. The number of amides is 1. The average molecular weight is 344 g/mol. The maximum Gasteiger partial charge on any atom is 0.289 e. The molecule has 7 heteroatoms. The van der Waals surface area contributed by atoms with E-state index in [1.165, 1.54) is 6.39 Å². The van der Waals surface area contributed by atoms with Crippen molar-refractivity contribution in [3.8, 4) is 0 Å². The SMILES string of the molecule is Cc1nn(C)c(C)c1[C@H]1OCC[C@@H]1CNC(=O)c1ocnc1C1CC1. The fourth-order valence-electron chi connectivity index (χ4n) is 3.74. The van der Waals surface area contributed by atoms with Crippen LogP contribution in [0.5, 0.6) is 0 Å². The minimum Gasteiger partial charge on any atom is -0.438 e. The van der Waals surface area contributed by atoms with Crippen LogP contribution in [0.3, 0.4) is 0 Å². The summed E-state index contributed by atoms with van der Waals surface area (Å²) in [7, 11) is 1.95. The van der Waals surface area contributed by atoms with Crippen LogP contribution in [-0.2, 0) is 11.8 Å². The van der Waals surface area contributed by atoms with Gasteiger partial charge < -0.3 is 14.5 Å². The highest BCUT2D eigenvalue weighted by atomic mass is 16.5. The Kier molecular flexibility index (Phi) is 4.11. The summed E-state index contributed by atoms with van der Waals surface area (Å²) in [4.78, 5) is 16.7. The number of hydrogen-bond donors (Lipinski definition) is 1. The van der Waals surface area contributed by atoms with E-state index in [1.54, 1.807) is 0 Å². The van der Waals surface area contributed by atoms with E-state index in [1.807, 2.05) is 18.7 Å².